The van der Waals surface area contributed by atoms with Crippen LogP contribution in [0, 0.1) is 5.41 Å². The molecular weight excluding hydrogens is 186 g/mol. The van der Waals surface area contributed by atoms with Gasteiger partial charge in [0.2, 0.25) is 0 Å². The van der Waals surface area contributed by atoms with Gasteiger partial charge in [0, 0.05) is 6.04 Å². The Labute approximate surface area is 82.4 Å². The monoisotopic (exact) mass is 201 g/mol. The number of carbonyl (C=O) groups is 2. The van der Waals surface area contributed by atoms with Crippen molar-refractivity contribution in [3.8, 4) is 0 Å². The number of nitrogens with one attached hydrogen (secondary N) is 1. The molecule has 80 valence electrons. The number of hydrogen-bond acceptors (Lipinski definition) is 3. The second kappa shape index (κ2) is 3.86. The van der Waals surface area contributed by atoms with Crippen LogP contribution in [0.4, 0.5) is 4.79 Å². The Morgan fingerprint density at radius 1 is 1.57 bits per heavy atom. The molecule has 0 bridgehead atoms. The molecule has 0 radical (unpaired) electrons. The predicted octanol–water partition coefficient (Wildman–Crippen LogP) is 0.986. The molecule has 0 spiro atoms. The number of ether oxygens (including phenoxy) is 1. The van der Waals surface area contributed by atoms with Crippen molar-refractivity contribution >= 4 is 12.1 Å². The first-order chi connectivity index (χ1) is 6.50. The number of aliphatic carboxylic acids is 1. The maximum Gasteiger partial charge on any atom is 0.407 e. The quantitative estimate of drug-likeness (QED) is 0.698. The molecular formula is C9H15NO4. The summed E-state index contributed by atoms with van der Waals surface area (Å²) >= 11 is 0. The zero-order chi connectivity index (χ0) is 10.8. The summed E-state index contributed by atoms with van der Waals surface area (Å²) in [7, 11) is 1.27. The summed E-state index contributed by atoms with van der Waals surface area (Å²) in [4.78, 5) is 22.0. The Morgan fingerprint density at radius 2 is 2.21 bits per heavy atom. The molecule has 1 saturated carbocycles. The first kappa shape index (κ1) is 10.8. The van der Waals surface area contributed by atoms with Gasteiger partial charge in [-0.25, -0.2) is 4.79 Å². The third kappa shape index (κ3) is 1.81. The highest BCUT2D eigenvalue weighted by Crippen LogP contribution is 2.38. The van der Waals surface area contributed by atoms with Crippen LogP contribution < -0.4 is 5.32 Å². The third-order valence-electron chi connectivity index (χ3n) is 2.92. The van der Waals surface area contributed by atoms with Gasteiger partial charge in [0.25, 0.3) is 0 Å². The Bertz CT molecular complexity index is 253. The van der Waals surface area contributed by atoms with Gasteiger partial charge >= 0.3 is 12.1 Å². The molecule has 1 fully saturated rings. The second-order valence-electron chi connectivity index (χ2n) is 3.80. The lowest BCUT2D eigenvalue weighted by molar-refractivity contribution is -0.148. The molecule has 2 N–H and O–H groups in total. The molecule has 1 rings (SSSR count). The molecule has 1 aliphatic carbocycles. The fourth-order valence-electron chi connectivity index (χ4n) is 1.85. The van der Waals surface area contributed by atoms with Crippen LogP contribution in [-0.2, 0) is 9.53 Å². The summed E-state index contributed by atoms with van der Waals surface area (Å²) < 4.78 is 4.44. The van der Waals surface area contributed by atoms with Crippen LogP contribution in [0.25, 0.3) is 0 Å². The van der Waals surface area contributed by atoms with Crippen molar-refractivity contribution in [3.63, 3.8) is 0 Å². The normalized spacial score (nSPS) is 31.1. The second-order valence-corrected chi connectivity index (χ2v) is 3.80. The standard InChI is InChI=1S/C9H15NO4/c1-9(7(11)12)5-3-4-6(9)10-8(13)14-2/h6H,3-5H2,1-2H3,(H,10,13)(H,11,12). The number of rotatable bonds is 2. The maximum atomic E-state index is 11.0. The molecule has 2 unspecified atom stereocenters. The number of methoxy groups -OCH3 is 1. The largest absolute Gasteiger partial charge is 0.481 e. The van der Waals surface area contributed by atoms with Crippen molar-refractivity contribution in [1.82, 2.24) is 5.32 Å². The van der Waals surface area contributed by atoms with Gasteiger partial charge in [0.05, 0.1) is 12.5 Å². The molecule has 0 aromatic rings. The molecule has 0 heterocycles. The van der Waals surface area contributed by atoms with Crippen LogP contribution in [-0.4, -0.2) is 30.3 Å². The highest BCUT2D eigenvalue weighted by atomic mass is 16.5. The molecule has 5 heteroatoms. The van der Waals surface area contributed by atoms with Gasteiger partial charge < -0.3 is 15.2 Å². The smallest absolute Gasteiger partial charge is 0.407 e. The van der Waals surface area contributed by atoms with Crippen molar-refractivity contribution in [2.45, 2.75) is 32.2 Å². The molecule has 0 saturated heterocycles. The van der Waals surface area contributed by atoms with Crippen LogP contribution in [0.5, 0.6) is 0 Å². The zero-order valence-electron chi connectivity index (χ0n) is 8.37. The average Bonchev–Trinajstić information content (AvgIpc) is 2.49. The lowest BCUT2D eigenvalue weighted by Crippen LogP contribution is -2.46. The summed E-state index contributed by atoms with van der Waals surface area (Å²) in [6.07, 6.45) is 1.54. The number of alkyl carbamates (subject to hydrolysis) is 1. The van der Waals surface area contributed by atoms with E-state index >= 15 is 0 Å². The molecule has 5 nitrogen and oxygen atoms in total. The van der Waals surface area contributed by atoms with E-state index in [2.05, 4.69) is 10.1 Å². The van der Waals surface area contributed by atoms with E-state index in [0.29, 0.717) is 12.8 Å². The minimum absolute atomic E-state index is 0.326. The van der Waals surface area contributed by atoms with Gasteiger partial charge in [0.1, 0.15) is 0 Å². The summed E-state index contributed by atoms with van der Waals surface area (Å²) in [5.74, 6) is -0.864. The van der Waals surface area contributed by atoms with Gasteiger partial charge in [0.15, 0.2) is 0 Å². The maximum absolute atomic E-state index is 11.0. The topological polar surface area (TPSA) is 75.6 Å². The minimum Gasteiger partial charge on any atom is -0.481 e. The van der Waals surface area contributed by atoms with E-state index in [0.717, 1.165) is 6.42 Å². The highest BCUT2D eigenvalue weighted by molar-refractivity contribution is 5.77. The molecule has 1 aliphatic rings. The summed E-state index contributed by atoms with van der Waals surface area (Å²) in [6, 6.07) is -0.326. The highest BCUT2D eigenvalue weighted by Gasteiger charge is 2.46. The molecule has 0 aromatic carbocycles. The third-order valence-corrected chi connectivity index (χ3v) is 2.92. The first-order valence-corrected chi connectivity index (χ1v) is 4.58. The molecule has 1 amide bonds. The van der Waals surface area contributed by atoms with Gasteiger partial charge in [-0.15, -0.1) is 0 Å². The van der Waals surface area contributed by atoms with E-state index in [4.69, 9.17) is 5.11 Å². The van der Waals surface area contributed by atoms with Crippen molar-refractivity contribution in [2.24, 2.45) is 5.41 Å². The summed E-state index contributed by atoms with van der Waals surface area (Å²) in [5, 5.41) is 11.6. The first-order valence-electron chi connectivity index (χ1n) is 4.58. The van der Waals surface area contributed by atoms with Gasteiger partial charge in [-0.3, -0.25) is 4.79 Å². The Balaban J connectivity index is 2.68. The van der Waals surface area contributed by atoms with Gasteiger partial charge in [-0.2, -0.15) is 0 Å². The van der Waals surface area contributed by atoms with E-state index in [-0.39, 0.29) is 6.04 Å². The molecule has 0 aliphatic heterocycles. The fraction of sp³-hybridized carbons (Fsp3) is 0.778. The van der Waals surface area contributed by atoms with Crippen LogP contribution in [0.15, 0.2) is 0 Å². The lowest BCUT2D eigenvalue weighted by atomic mass is 9.85. The van der Waals surface area contributed by atoms with E-state index in [9.17, 15) is 9.59 Å². The van der Waals surface area contributed by atoms with Gasteiger partial charge in [-0.05, 0) is 19.8 Å². The molecule has 0 aromatic heterocycles. The average molecular weight is 201 g/mol. The van der Waals surface area contributed by atoms with Crippen LogP contribution >= 0.6 is 0 Å². The van der Waals surface area contributed by atoms with E-state index in [1.807, 2.05) is 0 Å². The van der Waals surface area contributed by atoms with E-state index in [1.54, 1.807) is 6.92 Å². The zero-order valence-corrected chi connectivity index (χ0v) is 8.37. The Hall–Kier alpha value is -1.26. The lowest BCUT2D eigenvalue weighted by Gasteiger charge is -2.26. The summed E-state index contributed by atoms with van der Waals surface area (Å²) in [6.45, 7) is 1.66. The molecule has 2 atom stereocenters. The van der Waals surface area contributed by atoms with Crippen molar-refractivity contribution in [2.75, 3.05) is 7.11 Å². The van der Waals surface area contributed by atoms with Crippen molar-refractivity contribution in [1.29, 1.82) is 0 Å². The van der Waals surface area contributed by atoms with Crippen LogP contribution in [0.3, 0.4) is 0 Å². The number of carboxylic acids is 1. The SMILES string of the molecule is COC(=O)NC1CCCC1(C)C(=O)O. The van der Waals surface area contributed by atoms with Crippen molar-refractivity contribution in [3.05, 3.63) is 0 Å². The number of hydrogen-bond donors (Lipinski definition) is 2. The van der Waals surface area contributed by atoms with Crippen molar-refractivity contribution < 1.29 is 19.4 Å². The minimum atomic E-state index is -0.864. The Kier molecular flexibility index (Phi) is 2.98. The van der Waals surface area contributed by atoms with Crippen LogP contribution in [0.1, 0.15) is 26.2 Å². The summed E-state index contributed by atoms with van der Waals surface area (Å²) in [5.41, 5.74) is -0.853. The fourth-order valence-corrected chi connectivity index (χ4v) is 1.85. The van der Waals surface area contributed by atoms with E-state index < -0.39 is 17.5 Å². The number of carboxylic acid groups (broad SMARTS) is 1. The Morgan fingerprint density at radius 3 is 2.71 bits per heavy atom. The number of amides is 1. The van der Waals surface area contributed by atoms with E-state index in [1.165, 1.54) is 7.11 Å². The van der Waals surface area contributed by atoms with Gasteiger partial charge in [-0.1, -0.05) is 6.42 Å². The number of carbonyl (C=O) groups excluding carboxylic acids is 1. The molecule has 14 heavy (non-hydrogen) atoms. The predicted molar refractivity (Wildman–Crippen MR) is 48.9 cm³/mol. The van der Waals surface area contributed by atoms with Crippen LogP contribution in [0.2, 0.25) is 0 Å².